The number of nitrogens with zero attached hydrogens (tertiary/aromatic N) is 6. The average molecular weight is 507 g/mol. The van der Waals surface area contributed by atoms with E-state index in [1.54, 1.807) is 36.1 Å². The van der Waals surface area contributed by atoms with Gasteiger partial charge >= 0.3 is 0 Å². The Morgan fingerprint density at radius 1 is 1.03 bits per heavy atom. The number of thiazole rings is 1. The van der Waals surface area contributed by atoms with E-state index in [9.17, 15) is 25.0 Å². The van der Waals surface area contributed by atoms with Crippen LogP contribution in [0.1, 0.15) is 21.6 Å². The molecule has 2 aromatic heterocycles. The third kappa shape index (κ3) is 4.43. The monoisotopic (exact) mass is 506 g/mol. The van der Waals surface area contributed by atoms with Gasteiger partial charge in [-0.1, -0.05) is 6.07 Å². The Morgan fingerprint density at radius 2 is 1.75 bits per heavy atom. The number of nitro groups is 2. The van der Waals surface area contributed by atoms with Gasteiger partial charge in [-0.05, 0) is 25.1 Å². The lowest BCUT2D eigenvalue weighted by Gasteiger charge is -2.34. The fraction of sp³-hybridized carbons (Fsp3) is 0.250. The van der Waals surface area contributed by atoms with Gasteiger partial charge in [0.15, 0.2) is 4.96 Å². The molecule has 184 valence electrons. The molecule has 0 radical (unpaired) electrons. The van der Waals surface area contributed by atoms with Crippen LogP contribution in [0.15, 0.2) is 54.0 Å². The van der Waals surface area contributed by atoms with E-state index in [1.165, 1.54) is 29.5 Å². The van der Waals surface area contributed by atoms with Gasteiger partial charge in [-0.3, -0.25) is 34.3 Å². The Labute approximate surface area is 209 Å². The molecular formula is C24H22N6O5S. The van der Waals surface area contributed by atoms with Gasteiger partial charge < -0.3 is 4.90 Å². The van der Waals surface area contributed by atoms with Crippen LogP contribution in [0.3, 0.4) is 0 Å². The van der Waals surface area contributed by atoms with Gasteiger partial charge in [0.2, 0.25) is 0 Å². The maximum atomic E-state index is 13.0. The number of rotatable bonds is 6. The van der Waals surface area contributed by atoms with Crippen LogP contribution in [0.2, 0.25) is 0 Å². The van der Waals surface area contributed by atoms with Crippen molar-refractivity contribution >= 4 is 33.6 Å². The molecule has 1 fully saturated rings. The Balaban J connectivity index is 1.31. The first-order valence-corrected chi connectivity index (χ1v) is 12.2. The number of benzene rings is 2. The highest BCUT2D eigenvalue weighted by Gasteiger charge is 2.26. The van der Waals surface area contributed by atoms with Crippen molar-refractivity contribution in [2.75, 3.05) is 26.2 Å². The molecule has 4 aromatic rings. The van der Waals surface area contributed by atoms with E-state index in [4.69, 9.17) is 4.98 Å². The van der Waals surface area contributed by atoms with Crippen LogP contribution in [0.5, 0.6) is 0 Å². The molecule has 1 aliphatic heterocycles. The molecule has 1 aliphatic rings. The Bertz CT molecular complexity index is 1470. The topological polar surface area (TPSA) is 127 Å². The fourth-order valence-corrected chi connectivity index (χ4v) is 5.13. The van der Waals surface area contributed by atoms with Crippen LogP contribution >= 0.6 is 11.3 Å². The first kappa shape index (κ1) is 23.6. The van der Waals surface area contributed by atoms with Gasteiger partial charge in [0.1, 0.15) is 0 Å². The minimum absolute atomic E-state index is 0.0287. The molecule has 1 amide bonds. The molecule has 0 unspecified atom stereocenters. The minimum atomic E-state index is -0.469. The zero-order chi connectivity index (χ0) is 25.4. The second kappa shape index (κ2) is 9.47. The van der Waals surface area contributed by atoms with E-state index >= 15 is 0 Å². The number of fused-ring (bicyclic) bond motifs is 1. The number of aromatic nitrogens is 2. The normalized spacial score (nSPS) is 14.3. The van der Waals surface area contributed by atoms with Gasteiger partial charge in [-0.25, -0.2) is 4.98 Å². The molecule has 36 heavy (non-hydrogen) atoms. The molecule has 0 atom stereocenters. The van der Waals surface area contributed by atoms with Crippen LogP contribution < -0.4 is 0 Å². The molecule has 11 nitrogen and oxygen atoms in total. The van der Waals surface area contributed by atoms with E-state index in [0.717, 1.165) is 21.9 Å². The maximum Gasteiger partial charge on any atom is 0.273 e. The zero-order valence-corrected chi connectivity index (χ0v) is 20.2. The summed E-state index contributed by atoms with van der Waals surface area (Å²) in [6, 6.07) is 11.0. The SMILES string of the molecule is Cc1ccc(C(=O)N2CCN(Cc3c(-c4ccc([N+](=O)[O-])cc4)nc4sccn34)CC2)cc1[N+](=O)[O-]. The second-order valence-electron chi connectivity index (χ2n) is 8.59. The van der Waals surface area contributed by atoms with E-state index < -0.39 is 9.85 Å². The molecule has 3 heterocycles. The van der Waals surface area contributed by atoms with Gasteiger partial charge in [0.05, 0.1) is 21.2 Å². The summed E-state index contributed by atoms with van der Waals surface area (Å²) < 4.78 is 2.03. The van der Waals surface area contributed by atoms with Crippen molar-refractivity contribution in [1.82, 2.24) is 19.2 Å². The Morgan fingerprint density at radius 3 is 2.42 bits per heavy atom. The number of hydrogen-bond acceptors (Lipinski definition) is 8. The van der Waals surface area contributed by atoms with E-state index in [-0.39, 0.29) is 17.3 Å². The van der Waals surface area contributed by atoms with Crippen molar-refractivity contribution in [2.24, 2.45) is 0 Å². The fourth-order valence-electron chi connectivity index (χ4n) is 4.40. The third-order valence-corrected chi connectivity index (χ3v) is 7.15. The molecule has 0 spiro atoms. The number of non-ortho nitro benzene ring substituents is 1. The molecule has 0 N–H and O–H groups in total. The number of amides is 1. The lowest BCUT2D eigenvalue weighted by atomic mass is 10.1. The largest absolute Gasteiger partial charge is 0.336 e. The molecule has 1 saturated heterocycles. The minimum Gasteiger partial charge on any atom is -0.336 e. The Kier molecular flexibility index (Phi) is 6.20. The summed E-state index contributed by atoms with van der Waals surface area (Å²) in [7, 11) is 0. The summed E-state index contributed by atoms with van der Waals surface area (Å²) in [6.45, 7) is 4.52. The molecule has 0 aliphatic carbocycles. The number of aryl methyl sites for hydroxylation is 1. The summed E-state index contributed by atoms with van der Waals surface area (Å²) in [5.41, 5.74) is 3.38. The average Bonchev–Trinajstić information content (AvgIpc) is 3.47. The molecule has 0 bridgehead atoms. The van der Waals surface area contributed by atoms with Gasteiger partial charge in [-0.2, -0.15) is 0 Å². The number of carbonyl (C=O) groups is 1. The lowest BCUT2D eigenvalue weighted by Crippen LogP contribution is -2.48. The molecule has 12 heteroatoms. The molecular weight excluding hydrogens is 484 g/mol. The van der Waals surface area contributed by atoms with Crippen LogP contribution in [-0.4, -0.2) is 61.1 Å². The highest BCUT2D eigenvalue weighted by molar-refractivity contribution is 7.15. The first-order chi connectivity index (χ1) is 17.3. The predicted molar refractivity (Wildman–Crippen MR) is 134 cm³/mol. The summed E-state index contributed by atoms with van der Waals surface area (Å²) in [4.78, 5) is 43.9. The molecule has 2 aromatic carbocycles. The first-order valence-electron chi connectivity index (χ1n) is 11.3. The molecule has 5 rings (SSSR count). The van der Waals surface area contributed by atoms with Gasteiger partial charge in [0.25, 0.3) is 17.3 Å². The predicted octanol–water partition coefficient (Wildman–Crippen LogP) is 4.15. The maximum absolute atomic E-state index is 13.0. The number of piperazine rings is 1. The smallest absolute Gasteiger partial charge is 0.273 e. The standard InChI is InChI=1S/C24H22N6O5S/c1-16-2-3-18(14-20(16)30(34)35)23(31)27-10-8-26(9-11-27)15-21-22(25-24-28(21)12-13-36-24)17-4-6-19(7-5-17)29(32)33/h2-7,12-14H,8-11,15H2,1H3. The van der Waals surface area contributed by atoms with Crippen LogP contribution in [-0.2, 0) is 6.54 Å². The van der Waals surface area contributed by atoms with Crippen molar-refractivity contribution in [3.8, 4) is 11.3 Å². The highest BCUT2D eigenvalue weighted by atomic mass is 32.1. The number of carbonyl (C=O) groups excluding carboxylic acids is 1. The van der Waals surface area contributed by atoms with Crippen molar-refractivity contribution < 1.29 is 14.6 Å². The summed E-state index contributed by atoms with van der Waals surface area (Å²) in [5.74, 6) is -0.214. The third-order valence-electron chi connectivity index (χ3n) is 6.40. The van der Waals surface area contributed by atoms with Crippen molar-refractivity contribution in [3.63, 3.8) is 0 Å². The quantitative estimate of drug-likeness (QED) is 0.284. The lowest BCUT2D eigenvalue weighted by molar-refractivity contribution is -0.385. The van der Waals surface area contributed by atoms with E-state index in [2.05, 4.69) is 4.90 Å². The van der Waals surface area contributed by atoms with Gasteiger partial charge in [0, 0.05) is 79.2 Å². The van der Waals surface area contributed by atoms with E-state index in [1.807, 2.05) is 16.0 Å². The van der Waals surface area contributed by atoms with Crippen LogP contribution in [0.4, 0.5) is 11.4 Å². The van der Waals surface area contributed by atoms with Crippen LogP contribution in [0.25, 0.3) is 16.2 Å². The van der Waals surface area contributed by atoms with Gasteiger partial charge in [-0.15, -0.1) is 11.3 Å². The number of imidazole rings is 1. The van der Waals surface area contributed by atoms with Crippen molar-refractivity contribution in [3.05, 3.63) is 91.1 Å². The van der Waals surface area contributed by atoms with E-state index in [0.29, 0.717) is 43.9 Å². The van der Waals surface area contributed by atoms with Crippen molar-refractivity contribution in [2.45, 2.75) is 13.5 Å². The summed E-state index contributed by atoms with van der Waals surface area (Å²) in [6.07, 6.45) is 1.96. The molecule has 0 saturated carbocycles. The highest BCUT2D eigenvalue weighted by Crippen LogP contribution is 2.29. The number of hydrogen-bond donors (Lipinski definition) is 0. The second-order valence-corrected chi connectivity index (χ2v) is 9.47. The summed E-state index contributed by atoms with van der Waals surface area (Å²) >= 11 is 1.52. The van der Waals surface area contributed by atoms with Crippen LogP contribution in [0, 0.1) is 27.2 Å². The number of nitro benzene ring substituents is 2. The zero-order valence-electron chi connectivity index (χ0n) is 19.4. The Hall–Kier alpha value is -4.16. The summed E-state index contributed by atoms with van der Waals surface area (Å²) in [5, 5.41) is 24.2. The van der Waals surface area contributed by atoms with Crippen molar-refractivity contribution in [1.29, 1.82) is 0 Å².